The number of aliphatic hydroxyl groups is 2. The van der Waals surface area contributed by atoms with Crippen LogP contribution in [-0.4, -0.2) is 48.7 Å². The first-order valence-electron chi connectivity index (χ1n) is 8.11. The van der Waals surface area contributed by atoms with Crippen molar-refractivity contribution in [3.8, 4) is 0 Å². The van der Waals surface area contributed by atoms with Crippen LogP contribution in [0.25, 0.3) is 0 Å². The fourth-order valence-corrected chi connectivity index (χ4v) is 1.45. The number of rotatable bonds is 7. The number of hydrogen-bond acceptors (Lipinski definition) is 5. The number of aldehydes is 1. The third-order valence-electron chi connectivity index (χ3n) is 2.64. The van der Waals surface area contributed by atoms with E-state index in [1.807, 2.05) is 13.8 Å². The van der Waals surface area contributed by atoms with E-state index in [1.165, 1.54) is 12.2 Å². The van der Waals surface area contributed by atoms with E-state index in [0.29, 0.717) is 24.9 Å². The molecule has 0 aliphatic carbocycles. The molecule has 0 aromatic carbocycles. The molecule has 0 saturated carbocycles. The van der Waals surface area contributed by atoms with E-state index in [4.69, 9.17) is 19.7 Å². The summed E-state index contributed by atoms with van der Waals surface area (Å²) in [6, 6.07) is 0. The van der Waals surface area contributed by atoms with Crippen LogP contribution in [0.2, 0.25) is 0 Å². The van der Waals surface area contributed by atoms with E-state index < -0.39 is 0 Å². The molecule has 5 nitrogen and oxygen atoms in total. The van der Waals surface area contributed by atoms with E-state index in [1.54, 1.807) is 6.08 Å². The first kappa shape index (κ1) is 24.2. The smallest absolute Gasteiger partial charge is 0.158 e. The highest BCUT2D eigenvalue weighted by Crippen LogP contribution is 2.18. The highest BCUT2D eigenvalue weighted by atomic mass is 16.7. The normalized spacial score (nSPS) is 20.0. The molecule has 23 heavy (non-hydrogen) atoms. The van der Waals surface area contributed by atoms with Gasteiger partial charge in [-0.05, 0) is 11.8 Å². The molecule has 1 heterocycles. The second-order valence-electron chi connectivity index (χ2n) is 5.94. The van der Waals surface area contributed by atoms with Crippen LogP contribution in [0.1, 0.15) is 40.5 Å². The molecule has 2 N–H and O–H groups in total. The molecule has 5 heteroatoms. The monoisotopic (exact) mass is 330 g/mol. The van der Waals surface area contributed by atoms with E-state index in [9.17, 15) is 4.79 Å². The maximum absolute atomic E-state index is 9.62. The van der Waals surface area contributed by atoms with Gasteiger partial charge in [0.15, 0.2) is 6.29 Å². The maximum Gasteiger partial charge on any atom is 0.158 e. The summed E-state index contributed by atoms with van der Waals surface area (Å²) in [5.74, 6) is 1.16. The summed E-state index contributed by atoms with van der Waals surface area (Å²) in [5.41, 5.74) is 0. The lowest BCUT2D eigenvalue weighted by atomic mass is 10.1. The van der Waals surface area contributed by atoms with Gasteiger partial charge >= 0.3 is 0 Å². The van der Waals surface area contributed by atoms with Crippen molar-refractivity contribution in [1.82, 2.24) is 0 Å². The van der Waals surface area contributed by atoms with Crippen LogP contribution in [0.5, 0.6) is 0 Å². The predicted molar refractivity (Wildman–Crippen MR) is 93.1 cm³/mol. The minimum Gasteiger partial charge on any atom is -0.392 e. The van der Waals surface area contributed by atoms with E-state index in [0.717, 1.165) is 12.7 Å². The van der Waals surface area contributed by atoms with Gasteiger partial charge in [0.25, 0.3) is 0 Å². The molecule has 0 bridgehead atoms. The quantitative estimate of drug-likeness (QED) is 0.554. The van der Waals surface area contributed by atoms with Gasteiger partial charge in [-0.15, -0.1) is 6.58 Å². The second kappa shape index (κ2) is 17.3. The zero-order chi connectivity index (χ0) is 18.1. The standard InChI is InChI=1S/C9H16O2.C5H10O.C4H8O2/c1-4-8-6-10-9(11-8)5-7(2)3;1-5(2)3-4-6;5-3-1-2-4-6/h4,7-9H,1,5-6H2,2-3H3;4-5H,3H2,1-2H3;1-2,5-6H,3-4H2/b;;2-1-. The Balaban J connectivity index is 0. The molecular weight excluding hydrogens is 296 g/mol. The second-order valence-corrected chi connectivity index (χ2v) is 5.94. The lowest BCUT2D eigenvalue weighted by Gasteiger charge is -2.11. The number of hydrogen-bond donors (Lipinski definition) is 2. The summed E-state index contributed by atoms with van der Waals surface area (Å²) >= 11 is 0. The molecule has 1 fully saturated rings. The van der Waals surface area contributed by atoms with Crippen molar-refractivity contribution < 1.29 is 24.5 Å². The Morgan fingerprint density at radius 1 is 1.13 bits per heavy atom. The molecule has 0 spiro atoms. The van der Waals surface area contributed by atoms with Crippen molar-refractivity contribution in [2.45, 2.75) is 52.9 Å². The molecule has 0 aromatic heterocycles. The fraction of sp³-hybridized carbons (Fsp3) is 0.722. The third-order valence-corrected chi connectivity index (χ3v) is 2.64. The Morgan fingerprint density at radius 3 is 1.96 bits per heavy atom. The molecule has 0 amide bonds. The molecule has 1 aliphatic rings. The topological polar surface area (TPSA) is 76.0 Å². The SMILES string of the molecule is C=CC1COC(CC(C)C)O1.CC(C)CC=O.OC/C=C\CO. The summed E-state index contributed by atoms with van der Waals surface area (Å²) in [4.78, 5) is 9.62. The fourth-order valence-electron chi connectivity index (χ4n) is 1.45. The molecule has 0 aromatic rings. The molecule has 136 valence electrons. The zero-order valence-corrected chi connectivity index (χ0v) is 15.0. The lowest BCUT2D eigenvalue weighted by Crippen LogP contribution is -2.12. The average molecular weight is 330 g/mol. The molecule has 2 atom stereocenters. The largest absolute Gasteiger partial charge is 0.392 e. The molecule has 1 aliphatic heterocycles. The van der Waals surface area contributed by atoms with Crippen molar-refractivity contribution in [1.29, 1.82) is 0 Å². The van der Waals surface area contributed by atoms with Crippen molar-refractivity contribution in [3.05, 3.63) is 24.8 Å². The summed E-state index contributed by atoms with van der Waals surface area (Å²) < 4.78 is 10.9. The Kier molecular flexibility index (Phi) is 18.3. The van der Waals surface area contributed by atoms with Crippen molar-refractivity contribution in [3.63, 3.8) is 0 Å². The van der Waals surface area contributed by atoms with E-state index in [-0.39, 0.29) is 25.6 Å². The summed E-state index contributed by atoms with van der Waals surface area (Å²) in [6.07, 6.45) is 7.49. The van der Waals surface area contributed by atoms with Gasteiger partial charge in [-0.25, -0.2) is 0 Å². The van der Waals surface area contributed by atoms with E-state index >= 15 is 0 Å². The number of aliphatic hydroxyl groups excluding tert-OH is 2. The van der Waals surface area contributed by atoms with Crippen LogP contribution in [-0.2, 0) is 14.3 Å². The van der Waals surface area contributed by atoms with Crippen LogP contribution in [0.3, 0.4) is 0 Å². The molecular formula is C18H34O5. The van der Waals surface area contributed by atoms with Gasteiger partial charge in [-0.1, -0.05) is 45.9 Å². The van der Waals surface area contributed by atoms with Crippen molar-refractivity contribution in [2.24, 2.45) is 11.8 Å². The Labute approximate surface area is 141 Å². The maximum atomic E-state index is 9.62. The minimum atomic E-state index is -0.00185. The van der Waals surface area contributed by atoms with Gasteiger partial charge in [-0.2, -0.15) is 0 Å². The molecule has 0 radical (unpaired) electrons. The highest BCUT2D eigenvalue weighted by Gasteiger charge is 2.23. The van der Waals surface area contributed by atoms with Gasteiger partial charge in [0.1, 0.15) is 12.4 Å². The minimum absolute atomic E-state index is 0.00185. The van der Waals surface area contributed by atoms with Gasteiger partial charge in [0.05, 0.1) is 19.8 Å². The summed E-state index contributed by atoms with van der Waals surface area (Å²) in [6.45, 7) is 12.7. The molecule has 1 saturated heterocycles. The molecule has 2 unspecified atom stereocenters. The van der Waals surface area contributed by atoms with Gasteiger partial charge in [-0.3, -0.25) is 0 Å². The third kappa shape index (κ3) is 18.9. The van der Waals surface area contributed by atoms with Gasteiger partial charge in [0.2, 0.25) is 0 Å². The van der Waals surface area contributed by atoms with Crippen LogP contribution in [0.15, 0.2) is 24.8 Å². The number of carbonyl (C=O) groups excluding carboxylic acids is 1. The van der Waals surface area contributed by atoms with Crippen molar-refractivity contribution >= 4 is 6.29 Å². The zero-order valence-electron chi connectivity index (χ0n) is 15.0. The van der Waals surface area contributed by atoms with Crippen LogP contribution < -0.4 is 0 Å². The average Bonchev–Trinajstić information content (AvgIpc) is 2.93. The lowest BCUT2D eigenvalue weighted by molar-refractivity contribution is -0.108. The van der Waals surface area contributed by atoms with Gasteiger partial charge < -0.3 is 24.5 Å². The van der Waals surface area contributed by atoms with Crippen LogP contribution >= 0.6 is 0 Å². The van der Waals surface area contributed by atoms with Crippen LogP contribution in [0, 0.1) is 11.8 Å². The first-order valence-corrected chi connectivity index (χ1v) is 8.11. The summed E-state index contributed by atoms with van der Waals surface area (Å²) in [7, 11) is 0. The van der Waals surface area contributed by atoms with Crippen molar-refractivity contribution in [2.75, 3.05) is 19.8 Å². The van der Waals surface area contributed by atoms with Crippen LogP contribution in [0.4, 0.5) is 0 Å². The Bertz CT molecular complexity index is 294. The van der Waals surface area contributed by atoms with Gasteiger partial charge in [0, 0.05) is 12.8 Å². The number of ether oxygens (including phenoxy) is 2. The number of carbonyl (C=O) groups is 1. The molecule has 1 rings (SSSR count). The first-order chi connectivity index (χ1) is 10.9. The highest BCUT2D eigenvalue weighted by molar-refractivity contribution is 5.49. The van der Waals surface area contributed by atoms with E-state index in [2.05, 4.69) is 20.4 Å². The Hall–Kier alpha value is -1.01. The predicted octanol–water partition coefficient (Wildman–Crippen LogP) is 2.72. The summed E-state index contributed by atoms with van der Waals surface area (Å²) in [5, 5.41) is 16.0. The Morgan fingerprint density at radius 2 is 1.70 bits per heavy atom.